The number of aromatic nitrogens is 4. The maximum atomic E-state index is 12.6. The molecule has 2 rings (SSSR count). The third kappa shape index (κ3) is 2.53. The monoisotopic (exact) mass is 293 g/mol. The Morgan fingerprint density at radius 2 is 1.90 bits per heavy atom. The second kappa shape index (κ2) is 5.85. The van der Waals surface area contributed by atoms with Gasteiger partial charge in [-0.2, -0.15) is 0 Å². The Morgan fingerprint density at radius 1 is 1.24 bits per heavy atom. The fourth-order valence-electron chi connectivity index (χ4n) is 2.60. The highest BCUT2D eigenvalue weighted by Gasteiger charge is 2.19. The van der Waals surface area contributed by atoms with Gasteiger partial charge < -0.3 is 10.3 Å². The van der Waals surface area contributed by atoms with Crippen LogP contribution < -0.4 is 17.0 Å². The Morgan fingerprint density at radius 3 is 2.43 bits per heavy atom. The van der Waals surface area contributed by atoms with E-state index < -0.39 is 0 Å². The highest BCUT2D eigenvalue weighted by atomic mass is 16.2. The van der Waals surface area contributed by atoms with Crippen LogP contribution in [0.25, 0.3) is 11.2 Å². The fraction of sp³-hybridized carbons (Fsp3) is 0.643. The summed E-state index contributed by atoms with van der Waals surface area (Å²) >= 11 is 0. The van der Waals surface area contributed by atoms with Crippen molar-refractivity contribution < 1.29 is 0 Å². The standard InChI is InChI=1S/C14H23N5O2/c1-5-18-10(8-9(2)3)16-12-11(18)13(20)19(7-6-15)14(21)17(12)4/h9H,5-8,15H2,1-4H3. The molecule has 0 saturated carbocycles. The van der Waals surface area contributed by atoms with Crippen LogP contribution in [-0.4, -0.2) is 25.2 Å². The molecule has 0 fully saturated rings. The Kier molecular flexibility index (Phi) is 4.32. The second-order valence-corrected chi connectivity index (χ2v) is 5.63. The third-order valence-corrected chi connectivity index (χ3v) is 3.57. The normalized spacial score (nSPS) is 11.7. The quantitative estimate of drug-likeness (QED) is 0.845. The van der Waals surface area contributed by atoms with Crippen molar-refractivity contribution in [3.8, 4) is 0 Å². The molecule has 2 aromatic rings. The molecule has 7 heteroatoms. The Balaban J connectivity index is 2.86. The highest BCUT2D eigenvalue weighted by molar-refractivity contribution is 5.71. The van der Waals surface area contributed by atoms with Gasteiger partial charge in [-0.05, 0) is 12.8 Å². The molecule has 0 aliphatic heterocycles. The van der Waals surface area contributed by atoms with Gasteiger partial charge in [-0.15, -0.1) is 0 Å². The van der Waals surface area contributed by atoms with Crippen LogP contribution in [0.3, 0.4) is 0 Å². The molecule has 0 aliphatic rings. The van der Waals surface area contributed by atoms with E-state index in [4.69, 9.17) is 5.73 Å². The molecule has 0 aliphatic carbocycles. The minimum atomic E-state index is -0.366. The summed E-state index contributed by atoms with van der Waals surface area (Å²) in [6.45, 7) is 7.29. The Bertz CT molecular complexity index is 766. The number of hydrogen-bond donors (Lipinski definition) is 1. The summed E-state index contributed by atoms with van der Waals surface area (Å²) in [5.74, 6) is 1.27. The molecule has 7 nitrogen and oxygen atoms in total. The molecule has 2 heterocycles. The van der Waals surface area contributed by atoms with Crippen LogP contribution in [0.1, 0.15) is 26.6 Å². The molecular formula is C14H23N5O2. The van der Waals surface area contributed by atoms with Crippen molar-refractivity contribution in [2.24, 2.45) is 18.7 Å². The van der Waals surface area contributed by atoms with Crippen molar-refractivity contribution >= 4 is 11.2 Å². The molecule has 0 saturated heterocycles. The predicted octanol–water partition coefficient (Wildman–Crippen LogP) is 0.0738. The molecule has 0 spiro atoms. The number of fused-ring (bicyclic) bond motifs is 1. The number of nitrogens with zero attached hydrogens (tertiary/aromatic N) is 4. The van der Waals surface area contributed by atoms with Gasteiger partial charge in [0.2, 0.25) is 0 Å². The van der Waals surface area contributed by atoms with Gasteiger partial charge in [0.05, 0.1) is 0 Å². The van der Waals surface area contributed by atoms with Crippen LogP contribution in [0.2, 0.25) is 0 Å². The highest BCUT2D eigenvalue weighted by Crippen LogP contribution is 2.14. The summed E-state index contributed by atoms with van der Waals surface area (Å²) in [4.78, 5) is 29.4. The molecule has 0 amide bonds. The lowest BCUT2D eigenvalue weighted by Crippen LogP contribution is -2.41. The first-order chi connectivity index (χ1) is 9.92. The van der Waals surface area contributed by atoms with E-state index in [0.717, 1.165) is 12.2 Å². The molecule has 2 N–H and O–H groups in total. The van der Waals surface area contributed by atoms with Crippen LogP contribution in [0, 0.1) is 5.92 Å². The molecule has 2 aromatic heterocycles. The minimum Gasteiger partial charge on any atom is -0.329 e. The number of rotatable bonds is 5. The molecule has 21 heavy (non-hydrogen) atoms. The third-order valence-electron chi connectivity index (χ3n) is 3.57. The first-order valence-corrected chi connectivity index (χ1v) is 7.31. The zero-order valence-electron chi connectivity index (χ0n) is 13.1. The molecule has 0 unspecified atom stereocenters. The second-order valence-electron chi connectivity index (χ2n) is 5.63. The Labute approximate surface area is 123 Å². The van der Waals surface area contributed by atoms with E-state index >= 15 is 0 Å². The summed E-state index contributed by atoms with van der Waals surface area (Å²) in [5, 5.41) is 0. The summed E-state index contributed by atoms with van der Waals surface area (Å²) < 4.78 is 4.53. The van der Waals surface area contributed by atoms with Crippen LogP contribution in [0.5, 0.6) is 0 Å². The van der Waals surface area contributed by atoms with E-state index in [9.17, 15) is 9.59 Å². The number of hydrogen-bond acceptors (Lipinski definition) is 4. The topological polar surface area (TPSA) is 87.8 Å². The molecular weight excluding hydrogens is 270 g/mol. The Hall–Kier alpha value is -1.89. The van der Waals surface area contributed by atoms with Crippen molar-refractivity contribution in [1.29, 1.82) is 0 Å². The van der Waals surface area contributed by atoms with Gasteiger partial charge in [0.1, 0.15) is 5.82 Å². The zero-order valence-corrected chi connectivity index (χ0v) is 13.1. The number of imidazole rings is 1. The summed E-state index contributed by atoms with van der Waals surface area (Å²) in [7, 11) is 1.64. The van der Waals surface area contributed by atoms with E-state index in [1.807, 2.05) is 11.5 Å². The van der Waals surface area contributed by atoms with E-state index in [1.165, 1.54) is 9.13 Å². The van der Waals surface area contributed by atoms with Gasteiger partial charge in [0.25, 0.3) is 5.56 Å². The lowest BCUT2D eigenvalue weighted by Gasteiger charge is -2.09. The molecule has 0 aromatic carbocycles. The lowest BCUT2D eigenvalue weighted by molar-refractivity contribution is 0.586. The van der Waals surface area contributed by atoms with Crippen molar-refractivity contribution in [3.63, 3.8) is 0 Å². The summed E-state index contributed by atoms with van der Waals surface area (Å²) in [6.07, 6.45) is 0.771. The van der Waals surface area contributed by atoms with Gasteiger partial charge in [-0.3, -0.25) is 13.9 Å². The van der Waals surface area contributed by atoms with E-state index in [0.29, 0.717) is 23.6 Å². The van der Waals surface area contributed by atoms with Gasteiger partial charge in [0, 0.05) is 33.1 Å². The van der Waals surface area contributed by atoms with Crippen molar-refractivity contribution in [3.05, 3.63) is 26.7 Å². The number of nitrogens with two attached hydrogens (primary N) is 1. The van der Waals surface area contributed by atoms with E-state index in [1.54, 1.807) is 7.05 Å². The van der Waals surface area contributed by atoms with Crippen LogP contribution in [-0.2, 0) is 26.6 Å². The smallest absolute Gasteiger partial charge is 0.329 e. The minimum absolute atomic E-state index is 0.218. The lowest BCUT2D eigenvalue weighted by atomic mass is 10.1. The van der Waals surface area contributed by atoms with Gasteiger partial charge in [-0.1, -0.05) is 13.8 Å². The largest absolute Gasteiger partial charge is 0.332 e. The van der Waals surface area contributed by atoms with E-state index in [2.05, 4.69) is 18.8 Å². The first-order valence-electron chi connectivity index (χ1n) is 7.31. The van der Waals surface area contributed by atoms with Crippen molar-refractivity contribution in [2.75, 3.05) is 6.54 Å². The van der Waals surface area contributed by atoms with Gasteiger partial charge in [-0.25, -0.2) is 9.78 Å². The SMILES string of the molecule is CCn1c(CC(C)C)nc2c1c(=O)n(CCN)c(=O)n2C. The molecule has 0 bridgehead atoms. The molecule has 0 atom stereocenters. The van der Waals surface area contributed by atoms with E-state index in [-0.39, 0.29) is 24.3 Å². The number of aryl methyl sites for hydroxylation is 2. The summed E-state index contributed by atoms with van der Waals surface area (Å²) in [5.41, 5.74) is 5.78. The average Bonchev–Trinajstić information content (AvgIpc) is 2.79. The predicted molar refractivity (Wildman–Crippen MR) is 82.5 cm³/mol. The van der Waals surface area contributed by atoms with Gasteiger partial charge in [0.15, 0.2) is 11.2 Å². The average molecular weight is 293 g/mol. The van der Waals surface area contributed by atoms with Crippen molar-refractivity contribution in [1.82, 2.24) is 18.7 Å². The molecule has 0 radical (unpaired) electrons. The van der Waals surface area contributed by atoms with Crippen LogP contribution >= 0.6 is 0 Å². The van der Waals surface area contributed by atoms with Crippen molar-refractivity contribution in [2.45, 2.75) is 40.3 Å². The summed E-state index contributed by atoms with van der Waals surface area (Å²) in [6, 6.07) is 0. The maximum absolute atomic E-state index is 12.6. The first kappa shape index (κ1) is 15.5. The van der Waals surface area contributed by atoms with Crippen LogP contribution in [0.4, 0.5) is 0 Å². The van der Waals surface area contributed by atoms with Gasteiger partial charge >= 0.3 is 5.69 Å². The molecule has 116 valence electrons. The van der Waals surface area contributed by atoms with Crippen LogP contribution in [0.15, 0.2) is 9.59 Å². The fourth-order valence-corrected chi connectivity index (χ4v) is 2.60. The maximum Gasteiger partial charge on any atom is 0.332 e. The zero-order chi connectivity index (χ0) is 15.7.